The Morgan fingerprint density at radius 2 is 1.02 bits per heavy atom. The van der Waals surface area contributed by atoms with Crippen molar-refractivity contribution >= 4 is 80.9 Å². The summed E-state index contributed by atoms with van der Waals surface area (Å²) in [7, 11) is 0. The standard InChI is InChI=1S/C42H27NS/c1-2-12-31(13-3-1)43(38-18-10-20-40-42(38)36-17-8-9-19-39(36)44-40)32-25-23-29(24-26-32)37-27-30-22-21-28-11-4-5-14-33(28)41(30)35-16-7-6-15-34(35)37/h1-27H. The lowest BCUT2D eigenvalue weighted by molar-refractivity contribution is 1.30. The monoisotopic (exact) mass is 577 g/mol. The fourth-order valence-electron chi connectivity index (χ4n) is 6.85. The van der Waals surface area contributed by atoms with Gasteiger partial charge in [0, 0.05) is 31.5 Å². The quantitative estimate of drug-likeness (QED) is 0.188. The van der Waals surface area contributed by atoms with E-state index in [9.17, 15) is 0 Å². The first-order valence-corrected chi connectivity index (χ1v) is 15.8. The highest BCUT2D eigenvalue weighted by molar-refractivity contribution is 7.26. The fourth-order valence-corrected chi connectivity index (χ4v) is 7.98. The molecule has 206 valence electrons. The number of thiophene rings is 1. The molecule has 0 N–H and O–H groups in total. The van der Waals surface area contributed by atoms with Gasteiger partial charge in [-0.3, -0.25) is 0 Å². The minimum Gasteiger partial charge on any atom is -0.310 e. The Morgan fingerprint density at radius 3 is 1.86 bits per heavy atom. The van der Waals surface area contributed by atoms with Crippen LogP contribution in [0.15, 0.2) is 164 Å². The van der Waals surface area contributed by atoms with E-state index in [1.807, 2.05) is 11.3 Å². The van der Waals surface area contributed by atoms with Gasteiger partial charge in [-0.1, -0.05) is 115 Å². The van der Waals surface area contributed by atoms with Gasteiger partial charge < -0.3 is 4.90 Å². The van der Waals surface area contributed by atoms with Crippen LogP contribution in [-0.4, -0.2) is 0 Å². The van der Waals surface area contributed by atoms with Gasteiger partial charge in [-0.2, -0.15) is 0 Å². The van der Waals surface area contributed by atoms with E-state index in [2.05, 4.69) is 169 Å². The Kier molecular flexibility index (Phi) is 5.75. The highest BCUT2D eigenvalue weighted by Crippen LogP contribution is 2.45. The molecule has 0 spiro atoms. The van der Waals surface area contributed by atoms with Gasteiger partial charge in [0.1, 0.15) is 0 Å². The first-order chi connectivity index (χ1) is 21.8. The molecule has 1 heterocycles. The lowest BCUT2D eigenvalue weighted by Gasteiger charge is -2.26. The molecule has 0 fully saturated rings. The largest absolute Gasteiger partial charge is 0.310 e. The number of hydrogen-bond acceptors (Lipinski definition) is 2. The lowest BCUT2D eigenvalue weighted by Crippen LogP contribution is -2.10. The van der Waals surface area contributed by atoms with E-state index in [0.29, 0.717) is 0 Å². The molecular formula is C42H27NS. The third-order valence-corrected chi connectivity index (χ3v) is 9.96. The van der Waals surface area contributed by atoms with E-state index in [0.717, 1.165) is 11.4 Å². The number of para-hydroxylation sites is 1. The average Bonchev–Trinajstić information content (AvgIpc) is 3.48. The van der Waals surface area contributed by atoms with Crippen molar-refractivity contribution < 1.29 is 0 Å². The molecule has 0 saturated heterocycles. The first kappa shape index (κ1) is 25.1. The SMILES string of the molecule is c1ccc(N(c2ccc(-c3cc4ccc5ccccc5c4c4ccccc34)cc2)c2cccc3sc4ccccc4c23)cc1. The third kappa shape index (κ3) is 3.92. The molecule has 1 nitrogen and oxygen atoms in total. The summed E-state index contributed by atoms with van der Waals surface area (Å²) in [6.07, 6.45) is 0. The van der Waals surface area contributed by atoms with Crippen LogP contribution in [0.1, 0.15) is 0 Å². The second-order valence-electron chi connectivity index (χ2n) is 11.3. The molecule has 2 heteroatoms. The Bertz CT molecular complexity index is 2490. The number of fused-ring (bicyclic) bond motifs is 8. The summed E-state index contributed by atoms with van der Waals surface area (Å²) in [6.45, 7) is 0. The number of benzene rings is 8. The van der Waals surface area contributed by atoms with E-state index in [4.69, 9.17) is 0 Å². The summed E-state index contributed by atoms with van der Waals surface area (Å²) in [4.78, 5) is 2.40. The topological polar surface area (TPSA) is 3.24 Å². The highest BCUT2D eigenvalue weighted by atomic mass is 32.1. The van der Waals surface area contributed by atoms with Crippen molar-refractivity contribution in [3.05, 3.63) is 164 Å². The Hall–Kier alpha value is -5.44. The molecule has 0 bridgehead atoms. The van der Waals surface area contributed by atoms with Gasteiger partial charge in [-0.15, -0.1) is 11.3 Å². The zero-order chi connectivity index (χ0) is 29.0. The van der Waals surface area contributed by atoms with E-state index >= 15 is 0 Å². The van der Waals surface area contributed by atoms with Crippen LogP contribution < -0.4 is 4.90 Å². The molecule has 0 radical (unpaired) electrons. The molecule has 8 aromatic carbocycles. The van der Waals surface area contributed by atoms with Crippen LogP contribution in [0.2, 0.25) is 0 Å². The maximum Gasteiger partial charge on any atom is 0.0554 e. The van der Waals surface area contributed by atoms with Crippen molar-refractivity contribution in [2.24, 2.45) is 0 Å². The van der Waals surface area contributed by atoms with Crippen LogP contribution in [0.25, 0.3) is 63.6 Å². The maximum absolute atomic E-state index is 2.40. The van der Waals surface area contributed by atoms with Crippen LogP contribution >= 0.6 is 11.3 Å². The maximum atomic E-state index is 2.40. The second kappa shape index (κ2) is 10.1. The molecule has 0 amide bonds. The van der Waals surface area contributed by atoms with Crippen molar-refractivity contribution in [3.63, 3.8) is 0 Å². The van der Waals surface area contributed by atoms with Crippen molar-refractivity contribution in [1.29, 1.82) is 0 Å². The van der Waals surface area contributed by atoms with Gasteiger partial charge in [0.2, 0.25) is 0 Å². The molecular weight excluding hydrogens is 551 g/mol. The van der Waals surface area contributed by atoms with E-state index in [1.54, 1.807) is 0 Å². The van der Waals surface area contributed by atoms with E-state index < -0.39 is 0 Å². The summed E-state index contributed by atoms with van der Waals surface area (Å²) < 4.78 is 2.62. The number of hydrogen-bond donors (Lipinski definition) is 0. The Labute approximate surface area is 259 Å². The van der Waals surface area contributed by atoms with Crippen molar-refractivity contribution in [3.8, 4) is 11.1 Å². The molecule has 0 saturated carbocycles. The van der Waals surface area contributed by atoms with Gasteiger partial charge in [0.05, 0.1) is 5.69 Å². The van der Waals surface area contributed by atoms with Crippen LogP contribution in [0, 0.1) is 0 Å². The molecule has 1 aromatic heterocycles. The van der Waals surface area contributed by atoms with Crippen LogP contribution in [0.4, 0.5) is 17.1 Å². The lowest BCUT2D eigenvalue weighted by atomic mass is 9.90. The summed E-state index contributed by atoms with van der Waals surface area (Å²) in [5.74, 6) is 0. The summed E-state index contributed by atoms with van der Waals surface area (Å²) in [6, 6.07) is 59.7. The molecule has 0 aliphatic rings. The molecule has 0 atom stereocenters. The predicted molar refractivity (Wildman–Crippen MR) is 192 cm³/mol. The minimum atomic E-state index is 1.14. The third-order valence-electron chi connectivity index (χ3n) is 8.82. The van der Waals surface area contributed by atoms with Crippen molar-refractivity contribution in [1.82, 2.24) is 0 Å². The van der Waals surface area contributed by atoms with Crippen LogP contribution in [0.3, 0.4) is 0 Å². The summed E-state index contributed by atoms with van der Waals surface area (Å²) in [5.41, 5.74) is 5.95. The first-order valence-electron chi connectivity index (χ1n) is 15.0. The smallest absolute Gasteiger partial charge is 0.0554 e. The predicted octanol–water partition coefficient (Wildman–Crippen LogP) is 12.7. The molecule has 9 rings (SSSR count). The van der Waals surface area contributed by atoms with Crippen molar-refractivity contribution in [2.45, 2.75) is 0 Å². The highest BCUT2D eigenvalue weighted by Gasteiger charge is 2.19. The molecule has 0 aliphatic heterocycles. The fraction of sp³-hybridized carbons (Fsp3) is 0. The van der Waals surface area contributed by atoms with E-state index in [1.165, 1.54) is 69.3 Å². The molecule has 0 unspecified atom stereocenters. The normalized spacial score (nSPS) is 11.6. The second-order valence-corrected chi connectivity index (χ2v) is 12.4. The molecule has 0 aliphatic carbocycles. The zero-order valence-corrected chi connectivity index (χ0v) is 24.8. The Morgan fingerprint density at radius 1 is 0.386 bits per heavy atom. The van der Waals surface area contributed by atoms with Gasteiger partial charge in [0.25, 0.3) is 0 Å². The zero-order valence-electron chi connectivity index (χ0n) is 23.9. The minimum absolute atomic E-state index is 1.14. The average molecular weight is 578 g/mol. The summed E-state index contributed by atoms with van der Waals surface area (Å²) >= 11 is 1.86. The molecule has 9 aromatic rings. The summed E-state index contributed by atoms with van der Waals surface area (Å²) in [5, 5.41) is 10.3. The Balaban J connectivity index is 1.23. The van der Waals surface area contributed by atoms with Gasteiger partial charge in [-0.25, -0.2) is 0 Å². The van der Waals surface area contributed by atoms with Gasteiger partial charge in [0.15, 0.2) is 0 Å². The number of nitrogens with zero attached hydrogens (tertiary/aromatic N) is 1. The van der Waals surface area contributed by atoms with Crippen molar-refractivity contribution in [2.75, 3.05) is 4.90 Å². The van der Waals surface area contributed by atoms with Gasteiger partial charge in [-0.05, 0) is 92.0 Å². The van der Waals surface area contributed by atoms with E-state index in [-0.39, 0.29) is 0 Å². The number of anilines is 3. The number of rotatable bonds is 4. The van der Waals surface area contributed by atoms with Gasteiger partial charge >= 0.3 is 0 Å². The van der Waals surface area contributed by atoms with Crippen LogP contribution in [0.5, 0.6) is 0 Å². The molecule has 44 heavy (non-hydrogen) atoms. The van der Waals surface area contributed by atoms with Crippen LogP contribution in [-0.2, 0) is 0 Å².